The molecule has 0 heterocycles. The number of hydrogen-bond acceptors (Lipinski definition) is 3. The molecule has 1 saturated carbocycles. The van der Waals surface area contributed by atoms with Crippen molar-refractivity contribution in [2.24, 2.45) is 0 Å². The second kappa shape index (κ2) is 6.79. The molecule has 0 saturated heterocycles. The van der Waals surface area contributed by atoms with Gasteiger partial charge in [-0.1, -0.05) is 37.3 Å². The molecule has 2 N–H and O–H groups in total. The zero-order valence-corrected chi connectivity index (χ0v) is 12.7. The molecule has 112 valence electrons. The summed E-state index contributed by atoms with van der Waals surface area (Å²) in [7, 11) is 1.60. The van der Waals surface area contributed by atoms with Crippen LogP contribution in [0.25, 0.3) is 0 Å². The summed E-state index contributed by atoms with van der Waals surface area (Å²) in [6.45, 7) is 0. The van der Waals surface area contributed by atoms with E-state index in [0.29, 0.717) is 30.0 Å². The van der Waals surface area contributed by atoms with E-state index in [4.69, 9.17) is 16.3 Å². The maximum Gasteiger partial charge on any atom is 0.122 e. The van der Waals surface area contributed by atoms with Crippen molar-refractivity contribution in [2.75, 3.05) is 7.11 Å². The lowest BCUT2D eigenvalue weighted by Crippen LogP contribution is -2.43. The Bertz CT molecular complexity index is 439. The highest BCUT2D eigenvalue weighted by Crippen LogP contribution is 2.33. The predicted molar refractivity (Wildman–Crippen MR) is 80.4 cm³/mol. The van der Waals surface area contributed by atoms with Gasteiger partial charge in [0.2, 0.25) is 0 Å². The number of benzene rings is 1. The number of rotatable bonds is 4. The van der Waals surface area contributed by atoms with Gasteiger partial charge in [0.05, 0.1) is 18.8 Å². The molecule has 1 atom stereocenters. The average molecular weight is 299 g/mol. The first-order chi connectivity index (χ1) is 9.55. The molecule has 1 aliphatic carbocycles. The van der Waals surface area contributed by atoms with Crippen LogP contribution in [-0.2, 0) is 6.42 Å². The Balaban J connectivity index is 2.13. The van der Waals surface area contributed by atoms with Crippen molar-refractivity contribution in [2.45, 2.75) is 56.7 Å². The van der Waals surface area contributed by atoms with Gasteiger partial charge in [0, 0.05) is 11.4 Å². The third-order valence-corrected chi connectivity index (χ3v) is 4.48. The minimum Gasteiger partial charge on any atom is -0.496 e. The smallest absolute Gasteiger partial charge is 0.122 e. The zero-order chi connectivity index (χ0) is 14.6. The monoisotopic (exact) mass is 298 g/mol. The average Bonchev–Trinajstić information content (AvgIpc) is 2.65. The van der Waals surface area contributed by atoms with Gasteiger partial charge in [0.15, 0.2) is 0 Å². The van der Waals surface area contributed by atoms with Gasteiger partial charge in [-0.3, -0.25) is 0 Å². The molecule has 20 heavy (non-hydrogen) atoms. The highest BCUT2D eigenvalue weighted by Gasteiger charge is 2.36. The second-order valence-electron chi connectivity index (χ2n) is 5.69. The van der Waals surface area contributed by atoms with Crippen LogP contribution in [0.2, 0.25) is 5.02 Å². The first kappa shape index (κ1) is 15.6. The van der Waals surface area contributed by atoms with E-state index in [-0.39, 0.29) is 0 Å². The molecule has 1 aliphatic rings. The number of hydrogen-bond donors (Lipinski definition) is 2. The van der Waals surface area contributed by atoms with Crippen molar-refractivity contribution >= 4 is 11.6 Å². The summed E-state index contributed by atoms with van der Waals surface area (Å²) in [5, 5.41) is 21.8. The maximum atomic E-state index is 10.7. The van der Waals surface area contributed by atoms with Crippen LogP contribution < -0.4 is 4.74 Å². The van der Waals surface area contributed by atoms with Crippen molar-refractivity contribution in [1.29, 1.82) is 0 Å². The number of aliphatic hydroxyl groups is 2. The molecular weight excluding hydrogens is 276 g/mol. The Morgan fingerprint density at radius 2 is 1.90 bits per heavy atom. The van der Waals surface area contributed by atoms with Crippen LogP contribution in [-0.4, -0.2) is 29.0 Å². The van der Waals surface area contributed by atoms with Gasteiger partial charge in [-0.05, 0) is 36.6 Å². The van der Waals surface area contributed by atoms with Gasteiger partial charge in [0.25, 0.3) is 0 Å². The summed E-state index contributed by atoms with van der Waals surface area (Å²) in [4.78, 5) is 0. The molecule has 2 rings (SSSR count). The molecule has 1 aromatic rings. The lowest BCUT2D eigenvalue weighted by atomic mass is 9.85. The summed E-state index contributed by atoms with van der Waals surface area (Å²) in [5.74, 6) is 0.700. The third kappa shape index (κ3) is 3.66. The fraction of sp³-hybridized carbons (Fsp3) is 0.625. The van der Waals surface area contributed by atoms with Crippen LogP contribution in [0, 0.1) is 0 Å². The molecule has 0 bridgehead atoms. The van der Waals surface area contributed by atoms with E-state index in [1.165, 1.54) is 0 Å². The SMILES string of the molecule is COc1ccc(Cl)cc1CC(O)C1(O)CCCCCC1. The predicted octanol–water partition coefficient (Wildman–Crippen LogP) is 3.34. The van der Waals surface area contributed by atoms with E-state index >= 15 is 0 Å². The van der Waals surface area contributed by atoms with E-state index in [9.17, 15) is 10.2 Å². The highest BCUT2D eigenvalue weighted by atomic mass is 35.5. The van der Waals surface area contributed by atoms with Crippen molar-refractivity contribution in [1.82, 2.24) is 0 Å². The first-order valence-corrected chi connectivity index (χ1v) is 7.66. The van der Waals surface area contributed by atoms with Gasteiger partial charge in [0.1, 0.15) is 5.75 Å². The Morgan fingerprint density at radius 1 is 1.25 bits per heavy atom. The van der Waals surface area contributed by atoms with Gasteiger partial charge >= 0.3 is 0 Å². The van der Waals surface area contributed by atoms with E-state index in [0.717, 1.165) is 31.2 Å². The van der Waals surface area contributed by atoms with Gasteiger partial charge in [-0.15, -0.1) is 0 Å². The van der Waals surface area contributed by atoms with Crippen LogP contribution in [0.15, 0.2) is 18.2 Å². The maximum absolute atomic E-state index is 10.7. The molecule has 0 radical (unpaired) electrons. The first-order valence-electron chi connectivity index (χ1n) is 7.28. The van der Waals surface area contributed by atoms with Crippen molar-refractivity contribution < 1.29 is 14.9 Å². The number of halogens is 1. The molecule has 0 amide bonds. The van der Waals surface area contributed by atoms with E-state index in [2.05, 4.69) is 0 Å². The van der Waals surface area contributed by atoms with E-state index in [1.54, 1.807) is 25.3 Å². The highest BCUT2D eigenvalue weighted by molar-refractivity contribution is 6.30. The molecular formula is C16H23ClO3. The normalized spacial score (nSPS) is 20.2. The van der Waals surface area contributed by atoms with Crippen LogP contribution in [0.3, 0.4) is 0 Å². The summed E-state index contributed by atoms with van der Waals surface area (Å²) in [5.41, 5.74) is -0.144. The number of ether oxygens (including phenoxy) is 1. The fourth-order valence-electron chi connectivity index (χ4n) is 2.98. The van der Waals surface area contributed by atoms with Crippen LogP contribution in [0.1, 0.15) is 44.1 Å². The minimum absolute atomic E-state index is 0.361. The largest absolute Gasteiger partial charge is 0.496 e. The van der Waals surface area contributed by atoms with Crippen molar-refractivity contribution in [3.8, 4) is 5.75 Å². The molecule has 1 fully saturated rings. The number of aliphatic hydroxyl groups excluding tert-OH is 1. The third-order valence-electron chi connectivity index (χ3n) is 4.25. The molecule has 4 heteroatoms. The Hall–Kier alpha value is -0.770. The lowest BCUT2D eigenvalue weighted by Gasteiger charge is -2.32. The Morgan fingerprint density at radius 3 is 2.50 bits per heavy atom. The molecule has 0 aliphatic heterocycles. The summed E-state index contributed by atoms with van der Waals surface area (Å²) in [6, 6.07) is 5.35. The topological polar surface area (TPSA) is 49.7 Å². The van der Waals surface area contributed by atoms with E-state index in [1.807, 2.05) is 0 Å². The summed E-state index contributed by atoms with van der Waals surface area (Å²) >= 11 is 6.00. The van der Waals surface area contributed by atoms with Crippen molar-refractivity contribution in [3.05, 3.63) is 28.8 Å². The number of methoxy groups -OCH3 is 1. The van der Waals surface area contributed by atoms with E-state index < -0.39 is 11.7 Å². The Kier molecular flexibility index (Phi) is 5.30. The molecule has 3 nitrogen and oxygen atoms in total. The minimum atomic E-state index is -0.982. The van der Waals surface area contributed by atoms with Crippen LogP contribution >= 0.6 is 11.6 Å². The molecule has 0 aromatic heterocycles. The van der Waals surface area contributed by atoms with Crippen LogP contribution in [0.4, 0.5) is 0 Å². The lowest BCUT2D eigenvalue weighted by molar-refractivity contribution is -0.0837. The molecule has 0 spiro atoms. The molecule has 1 unspecified atom stereocenters. The summed E-state index contributed by atoms with van der Waals surface area (Å²) < 4.78 is 5.29. The van der Waals surface area contributed by atoms with Crippen LogP contribution in [0.5, 0.6) is 5.75 Å². The Labute approximate surface area is 125 Å². The summed E-state index contributed by atoms with van der Waals surface area (Å²) in [6.07, 6.45) is 5.12. The zero-order valence-electron chi connectivity index (χ0n) is 11.9. The van der Waals surface area contributed by atoms with Crippen molar-refractivity contribution in [3.63, 3.8) is 0 Å². The standard InChI is InChI=1S/C16H23ClO3/c1-20-14-7-6-13(17)10-12(14)11-15(18)16(19)8-4-2-3-5-9-16/h6-7,10,15,18-19H,2-5,8-9,11H2,1H3. The van der Waals surface area contributed by atoms with Gasteiger partial charge < -0.3 is 14.9 Å². The fourth-order valence-corrected chi connectivity index (χ4v) is 3.17. The quantitative estimate of drug-likeness (QED) is 0.838. The second-order valence-corrected chi connectivity index (χ2v) is 6.13. The van der Waals surface area contributed by atoms with Gasteiger partial charge in [-0.2, -0.15) is 0 Å². The molecule has 1 aromatic carbocycles. The van der Waals surface area contributed by atoms with Gasteiger partial charge in [-0.25, -0.2) is 0 Å².